The molecule has 1 aromatic carbocycles. The van der Waals surface area contributed by atoms with Gasteiger partial charge in [-0.2, -0.15) is 0 Å². The van der Waals surface area contributed by atoms with E-state index in [9.17, 15) is 8.78 Å². The van der Waals surface area contributed by atoms with Crippen LogP contribution in [0.5, 0.6) is 0 Å². The van der Waals surface area contributed by atoms with E-state index < -0.39 is 11.6 Å². The maximum Gasteiger partial charge on any atom is 0.174 e. The summed E-state index contributed by atoms with van der Waals surface area (Å²) < 4.78 is 25.6. The minimum Gasteiger partial charge on any atom is -0.204 e. The summed E-state index contributed by atoms with van der Waals surface area (Å²) in [6.45, 7) is -0.0630. The van der Waals surface area contributed by atoms with Crippen molar-refractivity contribution in [2.45, 2.75) is 0 Å². The Kier molecular flexibility index (Phi) is 3.48. The predicted octanol–water partition coefficient (Wildman–Crippen LogP) is 2.63. The largest absolute Gasteiger partial charge is 0.204 e. The zero-order chi connectivity index (χ0) is 10.4. The van der Waals surface area contributed by atoms with Crippen molar-refractivity contribution < 1.29 is 8.78 Å². The quantitative estimate of drug-likeness (QED) is 0.285. The Balaban J connectivity index is 2.89. The van der Waals surface area contributed by atoms with E-state index in [1.807, 2.05) is 0 Å². The van der Waals surface area contributed by atoms with Crippen LogP contribution in [0.4, 0.5) is 8.78 Å². The highest BCUT2D eigenvalue weighted by molar-refractivity contribution is 5.36. The minimum atomic E-state index is -0.985. The molecule has 1 aromatic rings. The van der Waals surface area contributed by atoms with Crippen molar-refractivity contribution in [2.24, 2.45) is 5.11 Å². The van der Waals surface area contributed by atoms with Crippen LogP contribution in [0, 0.1) is 23.5 Å². The van der Waals surface area contributed by atoms with Crippen LogP contribution in [0.1, 0.15) is 5.56 Å². The lowest BCUT2D eigenvalue weighted by Crippen LogP contribution is -1.88. The molecule has 0 amide bonds. The van der Waals surface area contributed by atoms with E-state index in [0.29, 0.717) is 0 Å². The van der Waals surface area contributed by atoms with Gasteiger partial charge in [0.15, 0.2) is 11.6 Å². The van der Waals surface area contributed by atoms with Crippen LogP contribution < -0.4 is 0 Å². The molecule has 0 heterocycles. The molecule has 70 valence electrons. The third kappa shape index (κ3) is 2.47. The van der Waals surface area contributed by atoms with Crippen molar-refractivity contribution >= 4 is 0 Å². The molecule has 0 saturated carbocycles. The second kappa shape index (κ2) is 4.85. The zero-order valence-corrected chi connectivity index (χ0v) is 7.04. The van der Waals surface area contributed by atoms with Gasteiger partial charge in [0.05, 0.1) is 12.1 Å². The first kappa shape index (κ1) is 10.0. The number of halogens is 2. The Morgan fingerprint density at radius 2 is 2.21 bits per heavy atom. The molecular weight excluding hydrogens is 188 g/mol. The minimum absolute atomic E-state index is 0.0434. The number of benzene rings is 1. The van der Waals surface area contributed by atoms with Gasteiger partial charge >= 0.3 is 0 Å². The number of rotatable bonds is 1. The van der Waals surface area contributed by atoms with Crippen molar-refractivity contribution in [3.63, 3.8) is 0 Å². The van der Waals surface area contributed by atoms with Gasteiger partial charge < -0.3 is 0 Å². The molecule has 0 aliphatic carbocycles. The number of azide groups is 1. The molecule has 1 rings (SSSR count). The van der Waals surface area contributed by atoms with E-state index >= 15 is 0 Å². The number of nitrogens with zero attached hydrogens (tertiary/aromatic N) is 3. The van der Waals surface area contributed by atoms with Crippen LogP contribution in [0.15, 0.2) is 23.3 Å². The Morgan fingerprint density at radius 1 is 1.43 bits per heavy atom. The van der Waals surface area contributed by atoms with Crippen molar-refractivity contribution in [3.05, 3.63) is 45.8 Å². The predicted molar refractivity (Wildman–Crippen MR) is 47.2 cm³/mol. The molecule has 0 unspecified atom stereocenters. The molecule has 0 aromatic heterocycles. The van der Waals surface area contributed by atoms with Crippen LogP contribution in [-0.4, -0.2) is 6.54 Å². The molecule has 0 radical (unpaired) electrons. The monoisotopic (exact) mass is 193 g/mol. The van der Waals surface area contributed by atoms with Crippen LogP contribution in [0.2, 0.25) is 0 Å². The fourth-order valence-electron chi connectivity index (χ4n) is 0.802. The molecule has 3 nitrogen and oxygen atoms in total. The summed E-state index contributed by atoms with van der Waals surface area (Å²) in [5, 5.41) is 3.13. The highest BCUT2D eigenvalue weighted by Gasteiger charge is 2.03. The zero-order valence-electron chi connectivity index (χ0n) is 7.04. The van der Waals surface area contributed by atoms with Crippen molar-refractivity contribution in [1.29, 1.82) is 0 Å². The topological polar surface area (TPSA) is 48.8 Å². The lowest BCUT2D eigenvalue weighted by atomic mass is 10.2. The average molecular weight is 193 g/mol. The van der Waals surface area contributed by atoms with Crippen LogP contribution >= 0.6 is 0 Å². The normalized spacial score (nSPS) is 8.43. The lowest BCUT2D eigenvalue weighted by Gasteiger charge is -1.93. The Labute approximate surface area is 79.0 Å². The summed E-state index contributed by atoms with van der Waals surface area (Å²) in [5.74, 6) is 2.82. The van der Waals surface area contributed by atoms with Gasteiger partial charge in [0.2, 0.25) is 0 Å². The van der Waals surface area contributed by atoms with Crippen LogP contribution in [0.3, 0.4) is 0 Å². The molecule has 0 bridgehead atoms. The fourth-order valence-corrected chi connectivity index (χ4v) is 0.802. The van der Waals surface area contributed by atoms with Gasteiger partial charge in [-0.1, -0.05) is 23.0 Å². The van der Waals surface area contributed by atoms with Gasteiger partial charge in [0, 0.05) is 4.91 Å². The molecular formula is C9H5F2N3. The summed E-state index contributed by atoms with van der Waals surface area (Å²) in [5.41, 5.74) is 7.88. The molecule has 0 aliphatic rings. The summed E-state index contributed by atoms with van der Waals surface area (Å²) >= 11 is 0. The molecule has 0 saturated heterocycles. The van der Waals surface area contributed by atoms with E-state index in [0.717, 1.165) is 6.07 Å². The van der Waals surface area contributed by atoms with Crippen LogP contribution in [-0.2, 0) is 0 Å². The highest BCUT2D eigenvalue weighted by atomic mass is 19.2. The highest BCUT2D eigenvalue weighted by Crippen LogP contribution is 2.09. The second-order valence-electron chi connectivity index (χ2n) is 2.29. The van der Waals surface area contributed by atoms with Crippen molar-refractivity contribution in [3.8, 4) is 11.8 Å². The van der Waals surface area contributed by atoms with Crippen molar-refractivity contribution in [2.75, 3.05) is 6.54 Å². The van der Waals surface area contributed by atoms with Gasteiger partial charge in [-0.25, -0.2) is 8.78 Å². The molecule has 0 aliphatic heterocycles. The van der Waals surface area contributed by atoms with Gasteiger partial charge in [0.25, 0.3) is 0 Å². The Bertz CT molecular complexity index is 439. The smallest absolute Gasteiger partial charge is 0.174 e. The first-order valence-electron chi connectivity index (χ1n) is 3.69. The van der Waals surface area contributed by atoms with Gasteiger partial charge in [0.1, 0.15) is 0 Å². The molecule has 0 spiro atoms. The standard InChI is InChI=1S/C9H5F2N3/c10-8-5-1-3-7(9(8)11)4-2-6-13-14-12/h1,3,5H,6H2. The molecule has 0 fully saturated rings. The van der Waals surface area contributed by atoms with Crippen molar-refractivity contribution in [1.82, 2.24) is 0 Å². The third-order valence-corrected chi connectivity index (χ3v) is 1.39. The van der Waals surface area contributed by atoms with Gasteiger partial charge in [-0.3, -0.25) is 0 Å². The van der Waals surface area contributed by atoms with E-state index in [4.69, 9.17) is 5.53 Å². The lowest BCUT2D eigenvalue weighted by molar-refractivity contribution is 0.506. The maximum atomic E-state index is 12.9. The molecule has 0 N–H and O–H groups in total. The van der Waals surface area contributed by atoms with E-state index in [2.05, 4.69) is 21.9 Å². The first-order chi connectivity index (χ1) is 6.75. The van der Waals surface area contributed by atoms with E-state index in [1.165, 1.54) is 12.1 Å². The summed E-state index contributed by atoms with van der Waals surface area (Å²) in [7, 11) is 0. The Morgan fingerprint density at radius 3 is 2.93 bits per heavy atom. The molecule has 14 heavy (non-hydrogen) atoms. The first-order valence-corrected chi connectivity index (χ1v) is 3.69. The maximum absolute atomic E-state index is 12.9. The van der Waals surface area contributed by atoms with E-state index in [-0.39, 0.29) is 12.1 Å². The average Bonchev–Trinajstić information content (AvgIpc) is 2.19. The molecule has 0 atom stereocenters. The summed E-state index contributed by atoms with van der Waals surface area (Å²) in [6.07, 6.45) is 0. The molecule has 5 heteroatoms. The number of hydrogen-bond donors (Lipinski definition) is 0. The van der Waals surface area contributed by atoms with Crippen LogP contribution in [0.25, 0.3) is 10.4 Å². The second-order valence-corrected chi connectivity index (χ2v) is 2.29. The fraction of sp³-hybridized carbons (Fsp3) is 0.111. The Hall–Kier alpha value is -2.05. The van der Waals surface area contributed by atoms with E-state index in [1.54, 1.807) is 0 Å². The summed E-state index contributed by atoms with van der Waals surface area (Å²) in [4.78, 5) is 2.46. The summed E-state index contributed by atoms with van der Waals surface area (Å²) in [6, 6.07) is 3.71. The number of hydrogen-bond acceptors (Lipinski definition) is 1. The SMILES string of the molecule is [N-]=[N+]=NCC#Cc1cccc(F)c1F. The van der Waals surface area contributed by atoms with Gasteiger partial charge in [-0.15, -0.1) is 0 Å². The third-order valence-electron chi connectivity index (χ3n) is 1.39. The van der Waals surface area contributed by atoms with Gasteiger partial charge in [-0.05, 0) is 17.7 Å².